The molecule has 170 valence electrons. The summed E-state index contributed by atoms with van der Waals surface area (Å²) in [4.78, 5) is 9.34. The third kappa shape index (κ3) is 3.68. The van der Waals surface area contributed by atoms with Crippen LogP contribution in [0.2, 0.25) is 0 Å². The van der Waals surface area contributed by atoms with Crippen molar-refractivity contribution < 1.29 is 0 Å². The lowest BCUT2D eigenvalue weighted by Crippen LogP contribution is -2.44. The standard InChI is InChI=1S/C26H26N8/c1-16-21(13-27)25(22(14-28)17(2)30-16)18-4-6-23-20(12-18)26(32-31-23)19-5-7-24(29-15-19)34-10-8-33(3)9-11-34/h4-7,12,15,25,30H,8-11H2,1-3H3,(H,31,32). The van der Waals surface area contributed by atoms with Gasteiger partial charge in [-0.1, -0.05) is 6.07 Å². The Morgan fingerprint density at radius 3 is 2.29 bits per heavy atom. The third-order valence-corrected chi connectivity index (χ3v) is 6.77. The summed E-state index contributed by atoms with van der Waals surface area (Å²) in [6.45, 7) is 7.75. The van der Waals surface area contributed by atoms with E-state index >= 15 is 0 Å². The fourth-order valence-electron chi connectivity index (χ4n) is 4.80. The van der Waals surface area contributed by atoms with Gasteiger partial charge in [-0.3, -0.25) is 5.10 Å². The minimum Gasteiger partial charge on any atom is -0.361 e. The number of anilines is 1. The van der Waals surface area contributed by atoms with Crippen molar-refractivity contribution in [1.82, 2.24) is 25.4 Å². The monoisotopic (exact) mass is 450 g/mol. The molecule has 8 heteroatoms. The van der Waals surface area contributed by atoms with E-state index in [0.717, 1.165) is 71.1 Å². The van der Waals surface area contributed by atoms with Crippen molar-refractivity contribution in [2.45, 2.75) is 19.8 Å². The van der Waals surface area contributed by atoms with E-state index in [0.29, 0.717) is 11.1 Å². The number of fused-ring (bicyclic) bond motifs is 1. The molecule has 2 aliphatic rings. The summed E-state index contributed by atoms with van der Waals surface area (Å²) in [5, 5.41) is 31.4. The van der Waals surface area contributed by atoms with Crippen LogP contribution in [0.15, 0.2) is 59.1 Å². The highest BCUT2D eigenvalue weighted by atomic mass is 15.3. The number of benzene rings is 1. The molecule has 1 saturated heterocycles. The van der Waals surface area contributed by atoms with Gasteiger partial charge in [0.1, 0.15) is 11.5 Å². The van der Waals surface area contributed by atoms with E-state index in [1.54, 1.807) is 0 Å². The Kier molecular flexibility index (Phi) is 5.53. The maximum Gasteiger partial charge on any atom is 0.128 e. The molecular weight excluding hydrogens is 424 g/mol. The predicted octanol–water partition coefficient (Wildman–Crippen LogP) is 3.66. The van der Waals surface area contributed by atoms with Crippen LogP contribution in [-0.2, 0) is 0 Å². The van der Waals surface area contributed by atoms with Gasteiger partial charge < -0.3 is 15.1 Å². The Hall–Kier alpha value is -4.14. The van der Waals surface area contributed by atoms with Gasteiger partial charge in [0.25, 0.3) is 0 Å². The molecule has 2 aliphatic heterocycles. The van der Waals surface area contributed by atoms with Crippen LogP contribution >= 0.6 is 0 Å². The van der Waals surface area contributed by atoms with Gasteiger partial charge in [-0.15, -0.1) is 0 Å². The molecule has 0 unspecified atom stereocenters. The molecule has 0 radical (unpaired) electrons. The molecule has 5 rings (SSSR count). The van der Waals surface area contributed by atoms with Crippen molar-refractivity contribution in [2.24, 2.45) is 0 Å². The van der Waals surface area contributed by atoms with Gasteiger partial charge in [0.15, 0.2) is 0 Å². The maximum absolute atomic E-state index is 9.83. The topological polar surface area (TPSA) is 108 Å². The number of nitrogens with one attached hydrogen (secondary N) is 2. The van der Waals surface area contributed by atoms with Crippen molar-refractivity contribution in [2.75, 3.05) is 38.1 Å². The molecule has 2 aromatic heterocycles. The second-order valence-corrected chi connectivity index (χ2v) is 8.93. The van der Waals surface area contributed by atoms with Gasteiger partial charge in [0, 0.05) is 54.7 Å². The lowest BCUT2D eigenvalue weighted by Gasteiger charge is -2.33. The first-order chi connectivity index (χ1) is 16.5. The number of hydrogen-bond donors (Lipinski definition) is 2. The van der Waals surface area contributed by atoms with E-state index in [4.69, 9.17) is 4.98 Å². The average molecular weight is 451 g/mol. The lowest BCUT2D eigenvalue weighted by molar-refractivity contribution is 0.312. The quantitative estimate of drug-likeness (QED) is 0.627. The SMILES string of the molecule is CC1=C(C#N)C(c2ccc3[nH]nc(-c4ccc(N5CCN(C)CC5)nc4)c3c2)C(C#N)=C(C)N1. The number of aromatic amines is 1. The van der Waals surface area contributed by atoms with Crippen molar-refractivity contribution in [3.8, 4) is 23.4 Å². The molecule has 1 fully saturated rings. The second kappa shape index (κ2) is 8.66. The van der Waals surface area contributed by atoms with Gasteiger partial charge in [0.05, 0.1) is 34.7 Å². The zero-order valence-electron chi connectivity index (χ0n) is 19.6. The number of nitrogens with zero attached hydrogens (tertiary/aromatic N) is 6. The minimum atomic E-state index is -0.402. The molecular formula is C26H26N8. The maximum atomic E-state index is 9.83. The highest BCUT2D eigenvalue weighted by Gasteiger charge is 2.29. The van der Waals surface area contributed by atoms with Crippen LogP contribution in [0.5, 0.6) is 0 Å². The molecule has 4 heterocycles. The molecule has 2 N–H and O–H groups in total. The summed E-state index contributed by atoms with van der Waals surface area (Å²) < 4.78 is 0. The van der Waals surface area contributed by atoms with Crippen molar-refractivity contribution in [1.29, 1.82) is 10.5 Å². The first-order valence-corrected chi connectivity index (χ1v) is 11.4. The van der Waals surface area contributed by atoms with E-state index in [-0.39, 0.29) is 0 Å². The fraction of sp³-hybridized carbons (Fsp3) is 0.308. The molecule has 34 heavy (non-hydrogen) atoms. The minimum absolute atomic E-state index is 0.402. The van der Waals surface area contributed by atoms with Crippen molar-refractivity contribution >= 4 is 16.7 Å². The number of likely N-dealkylation sites (N-methyl/N-ethyl adjacent to an activating group) is 1. The molecule has 3 aromatic rings. The van der Waals surface area contributed by atoms with Crippen LogP contribution in [-0.4, -0.2) is 53.3 Å². The number of aromatic nitrogens is 3. The average Bonchev–Trinajstić information content (AvgIpc) is 3.27. The molecule has 0 bridgehead atoms. The van der Waals surface area contributed by atoms with Crippen LogP contribution in [0.4, 0.5) is 5.82 Å². The lowest BCUT2D eigenvalue weighted by atomic mass is 9.81. The molecule has 0 atom stereocenters. The Bertz CT molecular complexity index is 1350. The van der Waals surface area contributed by atoms with E-state index in [2.05, 4.69) is 56.6 Å². The Morgan fingerprint density at radius 1 is 0.971 bits per heavy atom. The second-order valence-electron chi connectivity index (χ2n) is 8.93. The van der Waals surface area contributed by atoms with E-state index < -0.39 is 5.92 Å². The van der Waals surface area contributed by atoms with Gasteiger partial charge in [0.2, 0.25) is 0 Å². The number of pyridine rings is 1. The molecule has 0 spiro atoms. The summed E-state index contributed by atoms with van der Waals surface area (Å²) in [5.41, 5.74) is 6.20. The number of rotatable bonds is 3. The normalized spacial score (nSPS) is 17.6. The number of nitriles is 2. The van der Waals surface area contributed by atoms with Gasteiger partial charge >= 0.3 is 0 Å². The molecule has 8 nitrogen and oxygen atoms in total. The highest BCUT2D eigenvalue weighted by Crippen LogP contribution is 2.39. The zero-order chi connectivity index (χ0) is 23.8. The molecule has 1 aromatic carbocycles. The molecule has 0 amide bonds. The number of hydrogen-bond acceptors (Lipinski definition) is 7. The Labute approximate surface area is 198 Å². The summed E-state index contributed by atoms with van der Waals surface area (Å²) >= 11 is 0. The molecule has 0 aliphatic carbocycles. The highest BCUT2D eigenvalue weighted by molar-refractivity contribution is 5.93. The van der Waals surface area contributed by atoms with Crippen LogP contribution in [0.25, 0.3) is 22.2 Å². The summed E-state index contributed by atoms with van der Waals surface area (Å²) in [6.07, 6.45) is 1.87. The van der Waals surface area contributed by atoms with Gasteiger partial charge in [-0.2, -0.15) is 15.6 Å². The zero-order valence-corrected chi connectivity index (χ0v) is 19.6. The summed E-state index contributed by atoms with van der Waals surface area (Å²) in [6, 6.07) is 14.7. The van der Waals surface area contributed by atoms with Crippen molar-refractivity contribution in [3.05, 3.63) is 64.6 Å². The number of H-pyrrole nitrogens is 1. The van der Waals surface area contributed by atoms with Crippen molar-refractivity contribution in [3.63, 3.8) is 0 Å². The van der Waals surface area contributed by atoms with Gasteiger partial charge in [-0.25, -0.2) is 4.98 Å². The Balaban J connectivity index is 1.52. The molecule has 0 saturated carbocycles. The first-order valence-electron chi connectivity index (χ1n) is 11.4. The van der Waals surface area contributed by atoms with Crippen LogP contribution in [0.1, 0.15) is 25.3 Å². The third-order valence-electron chi connectivity index (χ3n) is 6.77. The first kappa shape index (κ1) is 21.7. The number of piperazine rings is 1. The fourth-order valence-corrected chi connectivity index (χ4v) is 4.80. The summed E-state index contributed by atoms with van der Waals surface area (Å²) in [7, 11) is 2.14. The van der Waals surface area contributed by atoms with Crippen LogP contribution in [0.3, 0.4) is 0 Å². The Morgan fingerprint density at radius 2 is 1.68 bits per heavy atom. The van der Waals surface area contributed by atoms with E-state index in [1.807, 2.05) is 38.2 Å². The van der Waals surface area contributed by atoms with Crippen LogP contribution < -0.4 is 10.2 Å². The predicted molar refractivity (Wildman–Crippen MR) is 132 cm³/mol. The number of dihydropyridines is 1. The van der Waals surface area contributed by atoms with E-state index in [9.17, 15) is 10.5 Å². The van der Waals surface area contributed by atoms with Crippen LogP contribution in [0, 0.1) is 22.7 Å². The van der Waals surface area contributed by atoms with E-state index in [1.165, 1.54) is 0 Å². The number of allylic oxidation sites excluding steroid dienone is 4. The summed E-state index contributed by atoms with van der Waals surface area (Å²) in [5.74, 6) is 0.576. The largest absolute Gasteiger partial charge is 0.361 e. The smallest absolute Gasteiger partial charge is 0.128 e. The van der Waals surface area contributed by atoms with Gasteiger partial charge in [-0.05, 0) is 50.7 Å².